The molecule has 0 bridgehead atoms. The molecule has 0 heterocycles. The molecule has 0 atom stereocenters. The van der Waals surface area contributed by atoms with Crippen molar-refractivity contribution in [2.75, 3.05) is 24.6 Å². The first-order chi connectivity index (χ1) is 12.5. The van der Waals surface area contributed by atoms with E-state index in [2.05, 4.69) is 29.3 Å². The van der Waals surface area contributed by atoms with Gasteiger partial charge in [0, 0.05) is 30.4 Å². The molecule has 1 amide bonds. The van der Waals surface area contributed by atoms with Gasteiger partial charge in [0.25, 0.3) is 5.91 Å². The number of anilines is 1. The zero-order chi connectivity index (χ0) is 18.9. The third-order valence-electron chi connectivity index (χ3n) is 3.73. The normalized spacial score (nSPS) is 10.7. The summed E-state index contributed by atoms with van der Waals surface area (Å²) in [5.74, 6) is 0.0954. The summed E-state index contributed by atoms with van der Waals surface area (Å²) in [6, 6.07) is 12.2. The summed E-state index contributed by atoms with van der Waals surface area (Å²) in [6.07, 6.45) is 1.38. The molecule has 0 aliphatic rings. The van der Waals surface area contributed by atoms with Crippen LogP contribution in [-0.4, -0.2) is 36.9 Å². The molecule has 0 saturated carbocycles. The van der Waals surface area contributed by atoms with Crippen LogP contribution >= 0.6 is 11.6 Å². The van der Waals surface area contributed by atoms with Gasteiger partial charge in [-0.3, -0.25) is 4.79 Å². The Hall–Kier alpha value is -2.73. The van der Waals surface area contributed by atoms with E-state index in [0.29, 0.717) is 16.3 Å². The van der Waals surface area contributed by atoms with Crippen molar-refractivity contribution in [2.24, 2.45) is 5.10 Å². The summed E-state index contributed by atoms with van der Waals surface area (Å²) in [5, 5.41) is 14.4. The number of aromatic hydroxyl groups is 1. The molecule has 0 radical (unpaired) electrons. The second-order valence-electron chi connectivity index (χ2n) is 5.43. The third kappa shape index (κ3) is 5.39. The number of nitrogens with zero attached hydrogens (tertiary/aromatic N) is 2. The molecule has 0 saturated heterocycles. The van der Waals surface area contributed by atoms with Gasteiger partial charge < -0.3 is 14.7 Å². The Morgan fingerprint density at radius 2 is 2.00 bits per heavy atom. The third-order valence-corrected chi connectivity index (χ3v) is 4.04. The van der Waals surface area contributed by atoms with E-state index in [1.807, 2.05) is 6.07 Å². The smallest absolute Gasteiger partial charge is 0.277 e. The van der Waals surface area contributed by atoms with Gasteiger partial charge in [0.15, 0.2) is 6.61 Å². The first kappa shape index (κ1) is 19.6. The summed E-state index contributed by atoms with van der Waals surface area (Å²) in [4.78, 5) is 13.9. The van der Waals surface area contributed by atoms with Crippen LogP contribution < -0.4 is 15.1 Å². The van der Waals surface area contributed by atoms with Crippen LogP contribution in [0, 0.1) is 0 Å². The van der Waals surface area contributed by atoms with Gasteiger partial charge in [0.1, 0.15) is 11.5 Å². The predicted octanol–water partition coefficient (Wildman–Crippen LogP) is 3.42. The van der Waals surface area contributed by atoms with Gasteiger partial charge in [-0.15, -0.1) is 0 Å². The second kappa shape index (κ2) is 9.68. The number of benzene rings is 2. The van der Waals surface area contributed by atoms with Crippen LogP contribution in [0.15, 0.2) is 47.6 Å². The number of hydrogen-bond donors (Lipinski definition) is 2. The summed E-state index contributed by atoms with van der Waals surface area (Å²) in [5.41, 5.74) is 3.79. The van der Waals surface area contributed by atoms with Crippen molar-refractivity contribution in [1.82, 2.24) is 5.43 Å². The number of amides is 1. The van der Waals surface area contributed by atoms with Crippen LogP contribution in [0.1, 0.15) is 19.4 Å². The summed E-state index contributed by atoms with van der Waals surface area (Å²) in [6.45, 7) is 5.59. The number of phenolic OH excluding ortho intramolecular Hbond substituents is 1. The van der Waals surface area contributed by atoms with Crippen molar-refractivity contribution in [3.8, 4) is 11.5 Å². The minimum Gasteiger partial charge on any atom is -0.507 e. The van der Waals surface area contributed by atoms with E-state index in [-0.39, 0.29) is 12.4 Å². The molecular formula is C19H22ClN3O3. The lowest BCUT2D eigenvalue weighted by Crippen LogP contribution is -2.24. The number of hydrazone groups is 1. The fraction of sp³-hybridized carbons (Fsp3) is 0.263. The molecule has 138 valence electrons. The van der Waals surface area contributed by atoms with E-state index in [0.717, 1.165) is 18.8 Å². The average molecular weight is 376 g/mol. The molecular weight excluding hydrogens is 354 g/mol. The number of rotatable bonds is 8. The van der Waals surface area contributed by atoms with E-state index in [4.69, 9.17) is 16.3 Å². The number of halogens is 1. The molecule has 26 heavy (non-hydrogen) atoms. The SMILES string of the molecule is CCN(CC)c1ccc(/C=N/NC(=O)COc2ccccc2Cl)c(O)c1. The molecule has 0 aliphatic heterocycles. The molecule has 7 heteroatoms. The fourth-order valence-corrected chi connectivity index (χ4v) is 2.53. The summed E-state index contributed by atoms with van der Waals surface area (Å²) in [7, 11) is 0. The van der Waals surface area contributed by atoms with Crippen molar-refractivity contribution >= 4 is 29.4 Å². The molecule has 0 aliphatic carbocycles. The van der Waals surface area contributed by atoms with Gasteiger partial charge in [0.2, 0.25) is 0 Å². The Labute approximate surface area is 158 Å². The maximum Gasteiger partial charge on any atom is 0.277 e. The minimum absolute atomic E-state index is 0.0970. The molecule has 0 fully saturated rings. The molecule has 0 unspecified atom stereocenters. The molecule has 2 aromatic carbocycles. The van der Waals surface area contributed by atoms with E-state index >= 15 is 0 Å². The molecule has 6 nitrogen and oxygen atoms in total. The van der Waals surface area contributed by atoms with E-state index in [1.54, 1.807) is 36.4 Å². The Balaban J connectivity index is 1.89. The largest absolute Gasteiger partial charge is 0.507 e. The number of nitrogens with one attached hydrogen (secondary N) is 1. The Kier molecular flexibility index (Phi) is 7.29. The monoisotopic (exact) mass is 375 g/mol. The van der Waals surface area contributed by atoms with Crippen molar-refractivity contribution in [3.05, 3.63) is 53.1 Å². The fourth-order valence-electron chi connectivity index (χ4n) is 2.34. The lowest BCUT2D eigenvalue weighted by Gasteiger charge is -2.21. The lowest BCUT2D eigenvalue weighted by atomic mass is 10.2. The van der Waals surface area contributed by atoms with Gasteiger partial charge in [-0.25, -0.2) is 5.43 Å². The minimum atomic E-state index is -0.430. The Morgan fingerprint density at radius 3 is 2.65 bits per heavy atom. The van der Waals surface area contributed by atoms with Crippen LogP contribution in [0.4, 0.5) is 5.69 Å². The molecule has 2 aromatic rings. The van der Waals surface area contributed by atoms with E-state index < -0.39 is 5.91 Å². The molecule has 2 rings (SSSR count). The molecule has 2 N–H and O–H groups in total. The van der Waals surface area contributed by atoms with E-state index in [9.17, 15) is 9.90 Å². The second-order valence-corrected chi connectivity index (χ2v) is 5.83. The highest BCUT2D eigenvalue weighted by molar-refractivity contribution is 6.32. The van der Waals surface area contributed by atoms with Crippen LogP contribution in [0.2, 0.25) is 5.02 Å². The lowest BCUT2D eigenvalue weighted by molar-refractivity contribution is -0.123. The van der Waals surface area contributed by atoms with Crippen LogP contribution in [0.25, 0.3) is 0 Å². The van der Waals surface area contributed by atoms with Crippen LogP contribution in [0.3, 0.4) is 0 Å². The first-order valence-electron chi connectivity index (χ1n) is 8.32. The number of carbonyl (C=O) groups excluding carboxylic acids is 1. The highest BCUT2D eigenvalue weighted by Crippen LogP contribution is 2.24. The average Bonchev–Trinajstić information content (AvgIpc) is 2.64. The summed E-state index contributed by atoms with van der Waals surface area (Å²) >= 11 is 5.95. The number of hydrogen-bond acceptors (Lipinski definition) is 5. The zero-order valence-electron chi connectivity index (χ0n) is 14.8. The van der Waals surface area contributed by atoms with Crippen molar-refractivity contribution in [3.63, 3.8) is 0 Å². The highest BCUT2D eigenvalue weighted by atomic mass is 35.5. The first-order valence-corrected chi connectivity index (χ1v) is 8.70. The molecule has 0 aromatic heterocycles. The number of phenols is 1. The Morgan fingerprint density at radius 1 is 1.27 bits per heavy atom. The predicted molar refractivity (Wildman–Crippen MR) is 104 cm³/mol. The maximum atomic E-state index is 11.8. The van der Waals surface area contributed by atoms with Crippen molar-refractivity contribution in [2.45, 2.75) is 13.8 Å². The molecule has 0 spiro atoms. The van der Waals surface area contributed by atoms with Gasteiger partial charge in [-0.1, -0.05) is 23.7 Å². The quantitative estimate of drug-likeness (QED) is 0.547. The van der Waals surface area contributed by atoms with Gasteiger partial charge >= 0.3 is 0 Å². The van der Waals surface area contributed by atoms with Crippen LogP contribution in [0.5, 0.6) is 11.5 Å². The zero-order valence-corrected chi connectivity index (χ0v) is 15.5. The van der Waals surface area contributed by atoms with Gasteiger partial charge in [0.05, 0.1) is 11.2 Å². The van der Waals surface area contributed by atoms with Crippen molar-refractivity contribution in [1.29, 1.82) is 0 Å². The highest BCUT2D eigenvalue weighted by Gasteiger charge is 2.07. The van der Waals surface area contributed by atoms with Crippen molar-refractivity contribution < 1.29 is 14.6 Å². The Bertz CT molecular complexity index is 776. The standard InChI is InChI=1S/C19H22ClN3O3/c1-3-23(4-2)15-10-9-14(17(24)11-15)12-21-22-19(25)13-26-18-8-6-5-7-16(18)20/h5-12,24H,3-4,13H2,1-2H3,(H,22,25)/b21-12+. The topological polar surface area (TPSA) is 74.2 Å². The summed E-state index contributed by atoms with van der Waals surface area (Å²) < 4.78 is 5.32. The number of ether oxygens (including phenoxy) is 1. The van der Waals surface area contributed by atoms with E-state index in [1.165, 1.54) is 6.21 Å². The maximum absolute atomic E-state index is 11.8. The number of para-hydroxylation sites is 1. The van der Waals surface area contributed by atoms with Gasteiger partial charge in [-0.2, -0.15) is 5.10 Å². The number of carbonyl (C=O) groups is 1. The van der Waals surface area contributed by atoms with Crippen LogP contribution in [-0.2, 0) is 4.79 Å². The van der Waals surface area contributed by atoms with Gasteiger partial charge in [-0.05, 0) is 38.1 Å².